The van der Waals surface area contributed by atoms with Crippen molar-refractivity contribution in [2.75, 3.05) is 0 Å². The first kappa shape index (κ1) is 26.4. The third kappa shape index (κ3) is 4.35. The van der Waals surface area contributed by atoms with E-state index in [0.29, 0.717) is 0 Å². The SMILES string of the molecule is CC(C)(C)P(C(C)(C)C)C(C)(C)C(Cl)C1(C(C)(C)C)C=Cc2ccccc21.[Pd+2]. The summed E-state index contributed by atoms with van der Waals surface area (Å²) in [5, 5.41) is 0.466. The van der Waals surface area contributed by atoms with Gasteiger partial charge in [0.1, 0.15) is 0 Å². The number of benzene rings is 1. The normalized spacial score (nSPS) is 21.5. The molecule has 0 aliphatic heterocycles. The third-order valence-corrected chi connectivity index (χ3v) is 11.2. The molecule has 1 aromatic carbocycles. The molecule has 3 heteroatoms. The molecule has 160 valence electrons. The third-order valence-electron chi connectivity index (χ3n) is 6.11. The molecule has 28 heavy (non-hydrogen) atoms. The van der Waals surface area contributed by atoms with E-state index in [1.165, 1.54) is 11.1 Å². The summed E-state index contributed by atoms with van der Waals surface area (Å²) in [6.07, 6.45) is 4.71. The Hall–Kier alpha value is 0.342. The van der Waals surface area contributed by atoms with Crippen LogP contribution in [0.5, 0.6) is 0 Å². The van der Waals surface area contributed by atoms with Crippen LogP contribution in [0.2, 0.25) is 0 Å². The summed E-state index contributed by atoms with van der Waals surface area (Å²) in [4.78, 5) is 0. The van der Waals surface area contributed by atoms with Crippen LogP contribution in [0.1, 0.15) is 87.3 Å². The molecule has 0 spiro atoms. The Morgan fingerprint density at radius 2 is 1.29 bits per heavy atom. The minimum atomic E-state index is -0.376. The van der Waals surface area contributed by atoms with Gasteiger partial charge in [0.2, 0.25) is 0 Å². The molecular formula is C25H40ClPPd+2. The summed E-state index contributed by atoms with van der Waals surface area (Å²) in [7, 11) is -0.376. The molecule has 0 N–H and O–H groups in total. The number of alkyl halides is 1. The average molecular weight is 513 g/mol. The van der Waals surface area contributed by atoms with Crippen LogP contribution in [0.25, 0.3) is 6.08 Å². The van der Waals surface area contributed by atoms with E-state index in [1.807, 2.05) is 0 Å². The predicted molar refractivity (Wildman–Crippen MR) is 127 cm³/mol. The van der Waals surface area contributed by atoms with Gasteiger partial charge in [-0.3, -0.25) is 0 Å². The van der Waals surface area contributed by atoms with Gasteiger partial charge in [0, 0.05) is 10.6 Å². The summed E-state index contributed by atoms with van der Waals surface area (Å²) < 4.78 is 0. The van der Waals surface area contributed by atoms with Crippen molar-refractivity contribution in [3.63, 3.8) is 0 Å². The van der Waals surface area contributed by atoms with Gasteiger partial charge in [-0.1, -0.05) is 121 Å². The number of rotatable bonds is 3. The molecule has 0 nitrogen and oxygen atoms in total. The predicted octanol–water partition coefficient (Wildman–Crippen LogP) is 8.46. The second-order valence-electron chi connectivity index (χ2n) is 11.7. The number of hydrogen-bond acceptors (Lipinski definition) is 0. The smallest absolute Gasteiger partial charge is 0.121 e. The van der Waals surface area contributed by atoms with Gasteiger partial charge in [0.25, 0.3) is 0 Å². The number of hydrogen-bond donors (Lipinski definition) is 0. The first-order valence-corrected chi connectivity index (χ1v) is 12.0. The molecule has 0 fully saturated rings. The van der Waals surface area contributed by atoms with Gasteiger partial charge in [0.15, 0.2) is 0 Å². The van der Waals surface area contributed by atoms with Crippen LogP contribution in [0.4, 0.5) is 0 Å². The maximum absolute atomic E-state index is 7.62. The summed E-state index contributed by atoms with van der Waals surface area (Å²) in [5.74, 6) is 0. The Balaban J connectivity index is 0.00000392. The van der Waals surface area contributed by atoms with Gasteiger partial charge >= 0.3 is 20.4 Å². The van der Waals surface area contributed by atoms with E-state index in [0.717, 1.165) is 0 Å². The molecule has 1 aliphatic rings. The van der Waals surface area contributed by atoms with E-state index < -0.39 is 0 Å². The average Bonchev–Trinajstić information content (AvgIpc) is 2.82. The molecule has 0 heterocycles. The molecule has 0 aromatic heterocycles. The zero-order valence-corrected chi connectivity index (χ0v) is 22.9. The summed E-state index contributed by atoms with van der Waals surface area (Å²) in [6, 6.07) is 8.82. The summed E-state index contributed by atoms with van der Waals surface area (Å²) in [6.45, 7) is 26.3. The van der Waals surface area contributed by atoms with Gasteiger partial charge in [-0.15, -0.1) is 11.6 Å². The van der Waals surface area contributed by atoms with Crippen molar-refractivity contribution in [2.45, 2.75) is 102 Å². The molecule has 0 saturated carbocycles. The van der Waals surface area contributed by atoms with Gasteiger partial charge < -0.3 is 0 Å². The fraction of sp³-hybridized carbons (Fsp3) is 0.680. The molecule has 0 amide bonds. The van der Waals surface area contributed by atoms with E-state index in [2.05, 4.69) is 113 Å². The van der Waals surface area contributed by atoms with Crippen molar-refractivity contribution in [2.24, 2.45) is 5.41 Å². The Bertz CT molecular complexity index is 701. The fourth-order valence-electron chi connectivity index (χ4n) is 5.99. The zero-order chi connectivity index (χ0) is 21.1. The van der Waals surface area contributed by atoms with E-state index in [1.54, 1.807) is 0 Å². The topological polar surface area (TPSA) is 0 Å². The summed E-state index contributed by atoms with van der Waals surface area (Å²) >= 11 is 7.62. The Labute approximate surface area is 194 Å². The maximum Gasteiger partial charge on any atom is 2.00 e. The van der Waals surface area contributed by atoms with Crippen LogP contribution < -0.4 is 0 Å². The van der Waals surface area contributed by atoms with Crippen LogP contribution in [-0.4, -0.2) is 20.8 Å². The Morgan fingerprint density at radius 1 is 0.821 bits per heavy atom. The molecule has 2 atom stereocenters. The van der Waals surface area contributed by atoms with Crippen molar-refractivity contribution >= 4 is 25.6 Å². The first-order chi connectivity index (χ1) is 12.0. The van der Waals surface area contributed by atoms with E-state index in [9.17, 15) is 0 Å². The number of allylic oxidation sites excluding steroid dienone is 1. The summed E-state index contributed by atoms with van der Waals surface area (Å²) in [5.41, 5.74) is 2.57. The van der Waals surface area contributed by atoms with Crippen LogP contribution in [0.3, 0.4) is 0 Å². The van der Waals surface area contributed by atoms with Crippen molar-refractivity contribution in [1.82, 2.24) is 0 Å². The van der Waals surface area contributed by atoms with E-state index in [4.69, 9.17) is 11.6 Å². The molecule has 0 radical (unpaired) electrons. The second-order valence-corrected chi connectivity index (χ2v) is 16.7. The van der Waals surface area contributed by atoms with Gasteiger partial charge in [-0.25, -0.2) is 0 Å². The van der Waals surface area contributed by atoms with Crippen LogP contribution in [-0.2, 0) is 25.8 Å². The second kappa shape index (κ2) is 8.12. The Kier molecular flexibility index (Phi) is 7.65. The largest absolute Gasteiger partial charge is 2.00 e. The molecule has 1 aromatic rings. The van der Waals surface area contributed by atoms with Gasteiger partial charge in [0.05, 0.1) is 5.38 Å². The van der Waals surface area contributed by atoms with E-state index >= 15 is 0 Å². The number of halogens is 1. The Morgan fingerprint density at radius 3 is 1.71 bits per heavy atom. The van der Waals surface area contributed by atoms with Crippen LogP contribution in [0.15, 0.2) is 30.3 Å². The van der Waals surface area contributed by atoms with Crippen molar-refractivity contribution in [1.29, 1.82) is 0 Å². The molecule has 0 bridgehead atoms. The molecule has 0 saturated heterocycles. The molecule has 2 unspecified atom stereocenters. The standard InChI is InChI=1S/C25H40ClP.Pd/c1-21(2,3)25(17-16-18-14-12-13-15-19(18)25)20(26)24(10,11)27(22(4,5)6)23(7,8)9;/h12-17,20H,1-11H3;/q;+2. The van der Waals surface area contributed by atoms with Gasteiger partial charge in [-0.05, 0) is 26.9 Å². The fourth-order valence-corrected chi connectivity index (χ4v) is 12.7. The zero-order valence-electron chi connectivity index (χ0n) is 19.7. The van der Waals surface area contributed by atoms with Gasteiger partial charge in [-0.2, -0.15) is 0 Å². The quantitative estimate of drug-likeness (QED) is 0.216. The molecular weight excluding hydrogens is 473 g/mol. The van der Waals surface area contributed by atoms with Crippen molar-refractivity contribution in [3.8, 4) is 0 Å². The monoisotopic (exact) mass is 512 g/mol. The molecule has 2 rings (SSSR count). The number of fused-ring (bicyclic) bond motifs is 1. The minimum absolute atomic E-state index is 0. The van der Waals surface area contributed by atoms with E-state index in [-0.39, 0.29) is 60.0 Å². The van der Waals surface area contributed by atoms with Crippen LogP contribution >= 0.6 is 19.5 Å². The van der Waals surface area contributed by atoms with Crippen molar-refractivity contribution < 1.29 is 20.4 Å². The maximum atomic E-state index is 7.62. The first-order valence-electron chi connectivity index (χ1n) is 10.2. The van der Waals surface area contributed by atoms with Crippen LogP contribution in [0, 0.1) is 5.41 Å². The molecule has 1 aliphatic carbocycles. The van der Waals surface area contributed by atoms with Crippen molar-refractivity contribution in [3.05, 3.63) is 41.5 Å². The minimum Gasteiger partial charge on any atom is -0.121 e.